The van der Waals surface area contributed by atoms with Gasteiger partial charge in [0.05, 0.1) is 17.7 Å². The molecule has 3 aromatic rings. The molecule has 0 atom stereocenters. The van der Waals surface area contributed by atoms with E-state index in [9.17, 15) is 9.59 Å². The molecule has 0 unspecified atom stereocenters. The molecule has 9 heteroatoms. The van der Waals surface area contributed by atoms with Crippen LogP contribution >= 0.6 is 24.0 Å². The normalized spacial score (nSPS) is 14.6. The molecule has 1 aliphatic rings. The Kier molecular flexibility index (Phi) is 8.22. The summed E-state index contributed by atoms with van der Waals surface area (Å²) in [6, 6.07) is 15.7. The molecule has 2 heterocycles. The lowest BCUT2D eigenvalue weighted by molar-refractivity contribution is -0.137. The Morgan fingerprint density at radius 3 is 2.64 bits per heavy atom. The minimum absolute atomic E-state index is 0.131. The maximum atomic E-state index is 13.2. The number of aliphatic carboxylic acids is 1. The van der Waals surface area contributed by atoms with Crippen LogP contribution in [-0.4, -0.2) is 49.6 Å². The fraction of sp³-hybridized carbons (Fsp3) is 0.259. The fourth-order valence-corrected chi connectivity index (χ4v) is 5.30. The van der Waals surface area contributed by atoms with Gasteiger partial charge < -0.3 is 9.84 Å². The van der Waals surface area contributed by atoms with Gasteiger partial charge in [0, 0.05) is 30.3 Å². The summed E-state index contributed by atoms with van der Waals surface area (Å²) in [5, 5.41) is 13.7. The predicted octanol–water partition coefficient (Wildman–Crippen LogP) is 5.70. The number of carboxylic acid groups (broad SMARTS) is 1. The molecule has 36 heavy (non-hydrogen) atoms. The minimum Gasteiger partial charge on any atom is -0.497 e. The zero-order valence-corrected chi connectivity index (χ0v) is 21.8. The number of carbonyl (C=O) groups is 2. The van der Waals surface area contributed by atoms with Crippen molar-refractivity contribution in [1.82, 2.24) is 14.7 Å². The van der Waals surface area contributed by atoms with Gasteiger partial charge in [-0.05, 0) is 61.7 Å². The van der Waals surface area contributed by atoms with Gasteiger partial charge in [-0.25, -0.2) is 4.68 Å². The Balaban J connectivity index is 1.63. The third-order valence-corrected chi connectivity index (χ3v) is 7.26. The number of nitrogens with zero attached hydrogens (tertiary/aromatic N) is 3. The average Bonchev–Trinajstić information content (AvgIpc) is 3.40. The number of hydrogen-bond acceptors (Lipinski definition) is 6. The number of thioether (sulfide) groups is 1. The summed E-state index contributed by atoms with van der Waals surface area (Å²) in [5.74, 6) is -0.167. The molecule has 1 saturated heterocycles. The number of unbranched alkanes of at least 4 members (excludes halogenated alkanes) is 2. The molecule has 0 saturated carbocycles. The van der Waals surface area contributed by atoms with Crippen LogP contribution < -0.4 is 4.74 Å². The summed E-state index contributed by atoms with van der Waals surface area (Å²) in [6.07, 6.45) is 5.94. The molecular formula is C27H27N3O4S2. The highest BCUT2D eigenvalue weighted by atomic mass is 32.2. The van der Waals surface area contributed by atoms with Gasteiger partial charge in [0.15, 0.2) is 0 Å². The zero-order valence-electron chi connectivity index (χ0n) is 20.1. The van der Waals surface area contributed by atoms with E-state index in [2.05, 4.69) is 0 Å². The van der Waals surface area contributed by atoms with Crippen LogP contribution in [-0.2, 0) is 9.59 Å². The van der Waals surface area contributed by atoms with E-state index in [0.29, 0.717) is 28.6 Å². The van der Waals surface area contributed by atoms with Crippen LogP contribution in [0.2, 0.25) is 0 Å². The van der Waals surface area contributed by atoms with E-state index in [1.807, 2.05) is 72.4 Å². The SMILES string of the molecule is COc1ccc(-c2nn(-c3ccccc3)cc2/C=C2\SC(=S)N(CCCCCC(=O)O)C2=O)c(C)c1. The first-order valence-corrected chi connectivity index (χ1v) is 12.9. The van der Waals surface area contributed by atoms with Gasteiger partial charge >= 0.3 is 5.97 Å². The predicted molar refractivity (Wildman–Crippen MR) is 146 cm³/mol. The smallest absolute Gasteiger partial charge is 0.303 e. The highest BCUT2D eigenvalue weighted by Gasteiger charge is 2.32. The van der Waals surface area contributed by atoms with Crippen molar-refractivity contribution in [3.05, 3.63) is 70.8 Å². The molecule has 2 aromatic carbocycles. The monoisotopic (exact) mass is 521 g/mol. The molecule has 186 valence electrons. The summed E-state index contributed by atoms with van der Waals surface area (Å²) in [4.78, 5) is 26.0. The Labute approximate surface area is 219 Å². The van der Waals surface area contributed by atoms with Gasteiger partial charge in [0.1, 0.15) is 15.8 Å². The van der Waals surface area contributed by atoms with E-state index in [0.717, 1.165) is 40.2 Å². The first-order valence-electron chi connectivity index (χ1n) is 11.6. The molecule has 0 spiro atoms. The number of benzene rings is 2. The lowest BCUT2D eigenvalue weighted by Gasteiger charge is -2.13. The molecule has 1 aliphatic heterocycles. The van der Waals surface area contributed by atoms with Crippen LogP contribution in [0.5, 0.6) is 5.75 Å². The highest BCUT2D eigenvalue weighted by molar-refractivity contribution is 8.26. The molecule has 4 rings (SSSR count). The van der Waals surface area contributed by atoms with E-state index in [1.165, 1.54) is 11.8 Å². The standard InChI is InChI=1S/C27H27N3O4S2/c1-18-15-21(34-2)12-13-22(18)25-19(17-30(28-25)20-9-5-3-6-10-20)16-23-26(33)29(27(35)36-23)14-8-4-7-11-24(31)32/h3,5-6,9-10,12-13,15-17H,4,7-8,11,14H2,1-2H3,(H,31,32)/b23-16-. The van der Waals surface area contributed by atoms with Crippen LogP contribution in [0.1, 0.15) is 36.8 Å². The minimum atomic E-state index is -0.803. The molecule has 7 nitrogen and oxygen atoms in total. The Hall–Kier alpha value is -3.43. The molecule has 0 radical (unpaired) electrons. The molecule has 1 N–H and O–H groups in total. The molecule has 0 aliphatic carbocycles. The number of carboxylic acids is 1. The Morgan fingerprint density at radius 1 is 1.17 bits per heavy atom. The summed E-state index contributed by atoms with van der Waals surface area (Å²) in [7, 11) is 1.64. The van der Waals surface area contributed by atoms with E-state index in [1.54, 1.807) is 12.0 Å². The van der Waals surface area contributed by atoms with Crippen molar-refractivity contribution in [2.45, 2.75) is 32.6 Å². The summed E-state index contributed by atoms with van der Waals surface area (Å²) >= 11 is 6.77. The summed E-state index contributed by atoms with van der Waals surface area (Å²) < 4.78 is 7.69. The number of hydrogen-bond donors (Lipinski definition) is 1. The molecule has 1 amide bonds. The number of para-hydroxylation sites is 1. The van der Waals surface area contributed by atoms with E-state index >= 15 is 0 Å². The lowest BCUT2D eigenvalue weighted by atomic mass is 10.0. The van der Waals surface area contributed by atoms with Crippen molar-refractivity contribution in [2.24, 2.45) is 0 Å². The molecule has 0 bridgehead atoms. The zero-order chi connectivity index (χ0) is 25.7. The van der Waals surface area contributed by atoms with E-state index < -0.39 is 5.97 Å². The number of ether oxygens (including phenoxy) is 1. The number of aryl methyl sites for hydroxylation is 1. The van der Waals surface area contributed by atoms with Crippen LogP contribution in [0.25, 0.3) is 23.0 Å². The number of aromatic nitrogens is 2. The van der Waals surface area contributed by atoms with Crippen molar-refractivity contribution < 1.29 is 19.4 Å². The van der Waals surface area contributed by atoms with Gasteiger partial charge in [-0.3, -0.25) is 14.5 Å². The average molecular weight is 522 g/mol. The van der Waals surface area contributed by atoms with Crippen molar-refractivity contribution in [1.29, 1.82) is 0 Å². The second-order valence-electron chi connectivity index (χ2n) is 8.43. The quantitative estimate of drug-likeness (QED) is 0.208. The number of carbonyl (C=O) groups excluding carboxylic acids is 1. The second-order valence-corrected chi connectivity index (χ2v) is 10.1. The third-order valence-electron chi connectivity index (χ3n) is 5.88. The topological polar surface area (TPSA) is 84.7 Å². The van der Waals surface area contributed by atoms with Crippen molar-refractivity contribution in [3.8, 4) is 22.7 Å². The number of thiocarbonyl (C=S) groups is 1. The second kappa shape index (κ2) is 11.5. The van der Waals surface area contributed by atoms with Crippen LogP contribution in [0.3, 0.4) is 0 Å². The first-order chi connectivity index (χ1) is 17.4. The van der Waals surface area contributed by atoms with Crippen LogP contribution in [0.4, 0.5) is 0 Å². The Bertz CT molecular complexity index is 1320. The third kappa shape index (κ3) is 5.85. The number of amides is 1. The van der Waals surface area contributed by atoms with E-state index in [4.69, 9.17) is 27.2 Å². The Morgan fingerprint density at radius 2 is 1.94 bits per heavy atom. The van der Waals surface area contributed by atoms with Gasteiger partial charge in [-0.1, -0.05) is 48.6 Å². The van der Waals surface area contributed by atoms with E-state index in [-0.39, 0.29) is 12.3 Å². The van der Waals surface area contributed by atoms with Crippen LogP contribution in [0, 0.1) is 6.92 Å². The maximum Gasteiger partial charge on any atom is 0.303 e. The summed E-state index contributed by atoms with van der Waals surface area (Å²) in [6.45, 7) is 2.49. The largest absolute Gasteiger partial charge is 0.497 e. The molecular weight excluding hydrogens is 494 g/mol. The van der Waals surface area contributed by atoms with Crippen molar-refractivity contribution in [2.75, 3.05) is 13.7 Å². The van der Waals surface area contributed by atoms with Gasteiger partial charge in [-0.15, -0.1) is 0 Å². The first kappa shape index (κ1) is 25.7. The lowest BCUT2D eigenvalue weighted by Crippen LogP contribution is -2.29. The fourth-order valence-electron chi connectivity index (χ4n) is 4.00. The molecule has 1 fully saturated rings. The molecule has 1 aromatic heterocycles. The highest BCUT2D eigenvalue weighted by Crippen LogP contribution is 2.36. The number of rotatable bonds is 10. The summed E-state index contributed by atoms with van der Waals surface area (Å²) in [5.41, 5.74) is 4.45. The van der Waals surface area contributed by atoms with Gasteiger partial charge in [0.25, 0.3) is 5.91 Å². The maximum absolute atomic E-state index is 13.2. The van der Waals surface area contributed by atoms with Crippen LogP contribution in [0.15, 0.2) is 59.6 Å². The van der Waals surface area contributed by atoms with Gasteiger partial charge in [-0.2, -0.15) is 5.10 Å². The van der Waals surface area contributed by atoms with Crippen molar-refractivity contribution in [3.63, 3.8) is 0 Å². The van der Waals surface area contributed by atoms with Crippen molar-refractivity contribution >= 4 is 46.3 Å². The number of methoxy groups -OCH3 is 1. The van der Waals surface area contributed by atoms with Gasteiger partial charge in [0.2, 0.25) is 0 Å².